The van der Waals surface area contributed by atoms with E-state index in [9.17, 15) is 9.90 Å². The maximum Gasteiger partial charge on any atom is 0.237 e. The van der Waals surface area contributed by atoms with Gasteiger partial charge in [-0.05, 0) is 11.6 Å². The van der Waals surface area contributed by atoms with Crippen molar-refractivity contribution in [3.8, 4) is 5.88 Å². The van der Waals surface area contributed by atoms with Crippen molar-refractivity contribution in [2.24, 2.45) is 0 Å². The third kappa shape index (κ3) is 4.78. The average Bonchev–Trinajstić information content (AvgIpc) is 2.74. The fraction of sp³-hybridized carbons (Fsp3) is 0.368. The summed E-state index contributed by atoms with van der Waals surface area (Å²) in [6.07, 6.45) is -0.583. The largest absolute Gasteiger partial charge is 0.481 e. The van der Waals surface area contributed by atoms with Gasteiger partial charge in [0.2, 0.25) is 11.8 Å². The van der Waals surface area contributed by atoms with Crippen LogP contribution in [-0.4, -0.2) is 58.6 Å². The van der Waals surface area contributed by atoms with Gasteiger partial charge in [0.25, 0.3) is 0 Å². The molecule has 0 spiro atoms. The molecule has 0 radical (unpaired) electrons. The molecule has 0 bridgehead atoms. The number of β-amino-alcohol motifs (C(OH)–C–C–N with tert-alkyl or cyclic N) is 1. The first-order chi connectivity index (χ1) is 12.1. The van der Waals surface area contributed by atoms with E-state index in [0.29, 0.717) is 32.1 Å². The molecule has 3 rings (SSSR count). The van der Waals surface area contributed by atoms with Crippen molar-refractivity contribution >= 4 is 5.91 Å². The molecule has 1 aromatic carbocycles. The Kier molecular flexibility index (Phi) is 5.63. The molecule has 0 aliphatic carbocycles. The summed E-state index contributed by atoms with van der Waals surface area (Å²) in [7, 11) is 1.58. The number of aromatic nitrogens is 1. The average molecular weight is 341 g/mol. The molecule has 6 heteroatoms. The number of carbonyl (C=O) groups excluding carboxylic acids is 1. The first kappa shape index (κ1) is 17.4. The SMILES string of the molecule is COc1cccc(CN2CC(=O)N(Cc3ccccc3)CC(O)C2)n1. The summed E-state index contributed by atoms with van der Waals surface area (Å²) in [5, 5.41) is 10.3. The molecule has 2 heterocycles. The van der Waals surface area contributed by atoms with Gasteiger partial charge in [0, 0.05) is 32.2 Å². The number of aliphatic hydroxyl groups is 1. The highest BCUT2D eigenvalue weighted by Gasteiger charge is 2.27. The van der Waals surface area contributed by atoms with Gasteiger partial charge >= 0.3 is 0 Å². The number of hydrogen-bond acceptors (Lipinski definition) is 5. The second-order valence-electron chi connectivity index (χ2n) is 6.25. The van der Waals surface area contributed by atoms with Crippen molar-refractivity contribution in [3.63, 3.8) is 0 Å². The van der Waals surface area contributed by atoms with E-state index >= 15 is 0 Å². The molecule has 1 unspecified atom stereocenters. The van der Waals surface area contributed by atoms with Crippen molar-refractivity contribution in [1.82, 2.24) is 14.8 Å². The molecule has 1 aliphatic rings. The Bertz CT molecular complexity index is 708. The second kappa shape index (κ2) is 8.09. The van der Waals surface area contributed by atoms with Gasteiger partial charge in [0.1, 0.15) is 0 Å². The summed E-state index contributed by atoms with van der Waals surface area (Å²) in [6, 6.07) is 15.4. The number of hydrogen-bond donors (Lipinski definition) is 1. The number of aliphatic hydroxyl groups excluding tert-OH is 1. The standard InChI is InChI=1S/C19H23N3O3/c1-25-18-9-5-8-16(20-18)11-21-12-17(23)13-22(19(24)14-21)10-15-6-3-2-4-7-15/h2-9,17,23H,10-14H2,1H3. The summed E-state index contributed by atoms with van der Waals surface area (Å²) in [5.74, 6) is 0.563. The highest BCUT2D eigenvalue weighted by Crippen LogP contribution is 2.14. The molecule has 1 aromatic heterocycles. The molecule has 25 heavy (non-hydrogen) atoms. The maximum absolute atomic E-state index is 12.6. The zero-order valence-corrected chi connectivity index (χ0v) is 14.3. The number of amides is 1. The van der Waals surface area contributed by atoms with E-state index in [4.69, 9.17) is 4.74 Å². The number of rotatable bonds is 5. The number of methoxy groups -OCH3 is 1. The first-order valence-corrected chi connectivity index (χ1v) is 8.36. The van der Waals surface area contributed by atoms with Gasteiger partial charge in [-0.25, -0.2) is 4.98 Å². The molecule has 1 amide bonds. The Morgan fingerprint density at radius 1 is 1.12 bits per heavy atom. The third-order valence-corrected chi connectivity index (χ3v) is 4.20. The molecule has 1 aliphatic heterocycles. The number of carbonyl (C=O) groups is 1. The number of pyridine rings is 1. The predicted molar refractivity (Wildman–Crippen MR) is 93.9 cm³/mol. The minimum absolute atomic E-state index is 0.0169. The Balaban J connectivity index is 1.67. The quantitative estimate of drug-likeness (QED) is 0.888. The summed E-state index contributed by atoms with van der Waals surface area (Å²) in [5.41, 5.74) is 1.88. The highest BCUT2D eigenvalue weighted by molar-refractivity contribution is 5.78. The van der Waals surface area contributed by atoms with Crippen LogP contribution < -0.4 is 4.74 Å². The Labute approximate surface area is 147 Å². The lowest BCUT2D eigenvalue weighted by molar-refractivity contribution is -0.132. The fourth-order valence-electron chi connectivity index (χ4n) is 3.03. The molecule has 132 valence electrons. The van der Waals surface area contributed by atoms with Gasteiger partial charge in [-0.3, -0.25) is 9.69 Å². The minimum atomic E-state index is -0.583. The molecule has 0 saturated carbocycles. The summed E-state index contributed by atoms with van der Waals surface area (Å²) >= 11 is 0. The summed E-state index contributed by atoms with van der Waals surface area (Å²) in [4.78, 5) is 20.6. The molecule has 6 nitrogen and oxygen atoms in total. The lowest BCUT2D eigenvalue weighted by Crippen LogP contribution is -2.36. The van der Waals surface area contributed by atoms with E-state index in [0.717, 1.165) is 11.3 Å². The van der Waals surface area contributed by atoms with Crippen molar-refractivity contribution in [3.05, 3.63) is 59.8 Å². The van der Waals surface area contributed by atoms with Gasteiger partial charge in [0.05, 0.1) is 25.5 Å². The first-order valence-electron chi connectivity index (χ1n) is 8.36. The molecule has 1 saturated heterocycles. The van der Waals surface area contributed by atoms with Crippen LogP contribution in [0.3, 0.4) is 0 Å². The van der Waals surface area contributed by atoms with Crippen LogP contribution in [0.2, 0.25) is 0 Å². The molecule has 1 atom stereocenters. The molecule has 2 aromatic rings. The van der Waals surface area contributed by atoms with Gasteiger partial charge in [0.15, 0.2) is 0 Å². The Morgan fingerprint density at radius 2 is 1.92 bits per heavy atom. The van der Waals surface area contributed by atoms with Crippen LogP contribution in [0.4, 0.5) is 0 Å². The van der Waals surface area contributed by atoms with Crippen LogP contribution in [-0.2, 0) is 17.9 Å². The van der Waals surface area contributed by atoms with Crippen LogP contribution in [0.25, 0.3) is 0 Å². The van der Waals surface area contributed by atoms with E-state index in [1.165, 1.54) is 0 Å². The molecule has 1 fully saturated rings. The van der Waals surface area contributed by atoms with Crippen molar-refractivity contribution < 1.29 is 14.6 Å². The van der Waals surface area contributed by atoms with Gasteiger partial charge in [-0.15, -0.1) is 0 Å². The van der Waals surface area contributed by atoms with Gasteiger partial charge in [-0.1, -0.05) is 36.4 Å². The fourth-order valence-corrected chi connectivity index (χ4v) is 3.03. The van der Waals surface area contributed by atoms with E-state index in [1.807, 2.05) is 47.4 Å². The van der Waals surface area contributed by atoms with Crippen molar-refractivity contribution in [2.45, 2.75) is 19.2 Å². The van der Waals surface area contributed by atoms with Crippen LogP contribution >= 0.6 is 0 Å². The Hall–Kier alpha value is -2.44. The summed E-state index contributed by atoms with van der Waals surface area (Å²) < 4.78 is 5.14. The second-order valence-corrected chi connectivity index (χ2v) is 6.25. The van der Waals surface area contributed by atoms with Crippen molar-refractivity contribution in [2.75, 3.05) is 26.7 Å². The van der Waals surface area contributed by atoms with Crippen LogP contribution in [0.1, 0.15) is 11.3 Å². The molecular formula is C19H23N3O3. The molecular weight excluding hydrogens is 318 g/mol. The highest BCUT2D eigenvalue weighted by atomic mass is 16.5. The third-order valence-electron chi connectivity index (χ3n) is 4.20. The molecule has 1 N–H and O–H groups in total. The zero-order valence-electron chi connectivity index (χ0n) is 14.3. The predicted octanol–water partition coefficient (Wildman–Crippen LogP) is 1.30. The van der Waals surface area contributed by atoms with Crippen molar-refractivity contribution in [1.29, 1.82) is 0 Å². The van der Waals surface area contributed by atoms with E-state index < -0.39 is 6.10 Å². The zero-order chi connectivity index (χ0) is 17.6. The maximum atomic E-state index is 12.6. The van der Waals surface area contributed by atoms with Crippen LogP contribution in [0.5, 0.6) is 5.88 Å². The lowest BCUT2D eigenvalue weighted by atomic mass is 10.2. The monoisotopic (exact) mass is 341 g/mol. The lowest BCUT2D eigenvalue weighted by Gasteiger charge is -2.22. The minimum Gasteiger partial charge on any atom is -0.481 e. The smallest absolute Gasteiger partial charge is 0.237 e. The number of ether oxygens (including phenoxy) is 1. The topological polar surface area (TPSA) is 65.9 Å². The van der Waals surface area contributed by atoms with E-state index in [2.05, 4.69) is 4.98 Å². The Morgan fingerprint density at radius 3 is 2.68 bits per heavy atom. The number of nitrogens with zero attached hydrogens (tertiary/aromatic N) is 3. The number of benzene rings is 1. The van der Waals surface area contributed by atoms with Gasteiger partial charge in [-0.2, -0.15) is 0 Å². The van der Waals surface area contributed by atoms with Gasteiger partial charge < -0.3 is 14.7 Å². The summed E-state index contributed by atoms with van der Waals surface area (Å²) in [6.45, 7) is 2.07. The van der Waals surface area contributed by atoms with Crippen LogP contribution in [0, 0.1) is 0 Å². The normalized spacial score (nSPS) is 18.9. The van der Waals surface area contributed by atoms with E-state index in [-0.39, 0.29) is 12.5 Å². The van der Waals surface area contributed by atoms with Crippen LogP contribution in [0.15, 0.2) is 48.5 Å². The van der Waals surface area contributed by atoms with E-state index in [1.54, 1.807) is 18.1 Å².